The molecule has 4 nitrogen and oxygen atoms in total. The molecular formula is C42H27NO3S2. The average molecular weight is 658 g/mol. The van der Waals surface area contributed by atoms with Crippen LogP contribution in [0.5, 0.6) is 5.75 Å². The molecule has 2 aliphatic rings. The number of hydrogen-bond acceptors (Lipinski definition) is 5. The summed E-state index contributed by atoms with van der Waals surface area (Å²) in [7, 11) is 0. The summed E-state index contributed by atoms with van der Waals surface area (Å²) in [5.74, 6) is 2.43. The van der Waals surface area contributed by atoms with Gasteiger partial charge in [0.25, 0.3) is 0 Å². The standard InChI is InChI=1S/C42H27NO3S2/c1-5-14-30-26(10-1)19-21-32(45-30)39-40(37-22-20-27-11-3-7-17-35(27)47-37)41(33-16-9-23-44-33)43(38-25-29-13-4-8-18-36(29)48-38)42(39)34-24-28-12-2-6-15-31(28)46-34/h1-25,32,37H. The van der Waals surface area contributed by atoms with Gasteiger partial charge in [0, 0.05) is 31.7 Å². The number of nitrogens with zero attached hydrogens (tertiary/aromatic N) is 1. The number of benzene rings is 4. The topological polar surface area (TPSA) is 40.4 Å². The van der Waals surface area contributed by atoms with Gasteiger partial charge in [-0.3, -0.25) is 4.57 Å². The van der Waals surface area contributed by atoms with E-state index in [0.29, 0.717) is 0 Å². The second-order valence-corrected chi connectivity index (χ2v) is 14.2. The number of para-hydroxylation sites is 2. The van der Waals surface area contributed by atoms with E-state index in [2.05, 4.69) is 114 Å². The van der Waals surface area contributed by atoms with Crippen LogP contribution in [0, 0.1) is 0 Å². The lowest BCUT2D eigenvalue weighted by atomic mass is 9.95. The third-order valence-electron chi connectivity index (χ3n) is 9.11. The number of hydrogen-bond donors (Lipinski definition) is 0. The predicted molar refractivity (Wildman–Crippen MR) is 197 cm³/mol. The average Bonchev–Trinajstić information content (AvgIpc) is 3.95. The Bertz CT molecular complexity index is 2480. The Kier molecular flexibility index (Phi) is 6.39. The number of rotatable bonds is 5. The molecule has 10 rings (SSSR count). The van der Waals surface area contributed by atoms with E-state index in [9.17, 15) is 0 Å². The van der Waals surface area contributed by atoms with Crippen LogP contribution in [0.4, 0.5) is 0 Å². The van der Waals surface area contributed by atoms with Crippen LogP contribution in [-0.4, -0.2) is 4.57 Å². The number of fused-ring (bicyclic) bond motifs is 4. The summed E-state index contributed by atoms with van der Waals surface area (Å²) in [5.41, 5.74) is 7.29. The lowest BCUT2D eigenvalue weighted by Crippen LogP contribution is -2.12. The van der Waals surface area contributed by atoms with Gasteiger partial charge in [-0.25, -0.2) is 0 Å². The fraction of sp³-hybridized carbons (Fsp3) is 0.0476. The van der Waals surface area contributed by atoms with E-state index in [4.69, 9.17) is 13.6 Å². The smallest absolute Gasteiger partial charge is 0.152 e. The molecule has 6 heterocycles. The van der Waals surface area contributed by atoms with E-state index in [0.717, 1.165) is 61.3 Å². The monoisotopic (exact) mass is 657 g/mol. The van der Waals surface area contributed by atoms with E-state index in [-0.39, 0.29) is 11.4 Å². The Morgan fingerprint density at radius 3 is 2.27 bits per heavy atom. The van der Waals surface area contributed by atoms with Gasteiger partial charge < -0.3 is 13.6 Å². The molecule has 2 atom stereocenters. The molecule has 4 aromatic heterocycles. The molecule has 0 spiro atoms. The number of thiophene rings is 1. The number of aromatic nitrogens is 1. The molecule has 48 heavy (non-hydrogen) atoms. The van der Waals surface area contributed by atoms with Gasteiger partial charge >= 0.3 is 0 Å². The van der Waals surface area contributed by atoms with Gasteiger partial charge in [-0.1, -0.05) is 91.0 Å². The summed E-state index contributed by atoms with van der Waals surface area (Å²) < 4.78 is 23.6. The zero-order valence-electron chi connectivity index (χ0n) is 25.6. The highest BCUT2D eigenvalue weighted by atomic mass is 32.2. The van der Waals surface area contributed by atoms with Crippen molar-refractivity contribution in [3.8, 4) is 33.7 Å². The molecule has 0 saturated carbocycles. The highest BCUT2D eigenvalue weighted by molar-refractivity contribution is 7.99. The van der Waals surface area contributed by atoms with Crippen molar-refractivity contribution >= 4 is 56.3 Å². The first-order valence-electron chi connectivity index (χ1n) is 16.0. The molecule has 0 fully saturated rings. The Morgan fingerprint density at radius 1 is 0.625 bits per heavy atom. The Balaban J connectivity index is 1.33. The minimum absolute atomic E-state index is 0.0251. The third-order valence-corrected chi connectivity index (χ3v) is 11.5. The third kappa shape index (κ3) is 4.44. The first-order valence-corrected chi connectivity index (χ1v) is 17.7. The molecule has 2 unspecified atom stereocenters. The number of thioether (sulfide) groups is 1. The van der Waals surface area contributed by atoms with E-state index in [1.165, 1.54) is 20.5 Å². The van der Waals surface area contributed by atoms with Crippen LogP contribution < -0.4 is 4.74 Å². The van der Waals surface area contributed by atoms with Crippen molar-refractivity contribution in [3.05, 3.63) is 162 Å². The van der Waals surface area contributed by atoms with Crippen molar-refractivity contribution in [2.24, 2.45) is 0 Å². The molecule has 230 valence electrons. The first kappa shape index (κ1) is 27.7. The van der Waals surface area contributed by atoms with Crippen LogP contribution in [0.3, 0.4) is 0 Å². The van der Waals surface area contributed by atoms with Crippen molar-refractivity contribution < 1.29 is 13.6 Å². The summed E-state index contributed by atoms with van der Waals surface area (Å²) in [6.45, 7) is 0. The Morgan fingerprint density at radius 2 is 1.40 bits per heavy atom. The molecule has 0 aliphatic carbocycles. The van der Waals surface area contributed by atoms with Gasteiger partial charge in [-0.05, 0) is 65.6 Å². The van der Waals surface area contributed by atoms with Crippen LogP contribution in [0.25, 0.3) is 61.1 Å². The molecule has 0 radical (unpaired) electrons. The largest absolute Gasteiger partial charge is 0.481 e. The van der Waals surface area contributed by atoms with Crippen LogP contribution in [0.15, 0.2) is 153 Å². The molecule has 0 bridgehead atoms. The molecule has 0 N–H and O–H groups in total. The van der Waals surface area contributed by atoms with Gasteiger partial charge in [0.15, 0.2) is 11.5 Å². The molecule has 0 saturated heterocycles. The van der Waals surface area contributed by atoms with Crippen molar-refractivity contribution in [3.63, 3.8) is 0 Å². The van der Waals surface area contributed by atoms with Crippen LogP contribution in [0.1, 0.15) is 33.6 Å². The molecule has 0 amide bonds. The second-order valence-electron chi connectivity index (χ2n) is 12.0. The minimum Gasteiger partial charge on any atom is -0.481 e. The van der Waals surface area contributed by atoms with Crippen molar-refractivity contribution in [2.45, 2.75) is 16.2 Å². The van der Waals surface area contributed by atoms with Crippen LogP contribution in [-0.2, 0) is 0 Å². The molecule has 2 aliphatic heterocycles. The predicted octanol–water partition coefficient (Wildman–Crippen LogP) is 12.4. The lowest BCUT2D eigenvalue weighted by Gasteiger charge is -2.26. The normalized spacial score (nSPS) is 16.7. The summed E-state index contributed by atoms with van der Waals surface area (Å²) in [5, 5.41) is 3.30. The summed E-state index contributed by atoms with van der Waals surface area (Å²) in [6.07, 6.45) is 10.3. The summed E-state index contributed by atoms with van der Waals surface area (Å²) in [4.78, 5) is 1.24. The zero-order valence-corrected chi connectivity index (χ0v) is 27.2. The number of ether oxygens (including phenoxy) is 1. The lowest BCUT2D eigenvalue weighted by molar-refractivity contribution is 0.251. The number of furan rings is 2. The maximum atomic E-state index is 6.93. The maximum Gasteiger partial charge on any atom is 0.152 e. The van der Waals surface area contributed by atoms with Crippen LogP contribution >= 0.6 is 23.1 Å². The van der Waals surface area contributed by atoms with Crippen molar-refractivity contribution in [2.75, 3.05) is 0 Å². The van der Waals surface area contributed by atoms with Crippen molar-refractivity contribution in [1.82, 2.24) is 4.57 Å². The van der Waals surface area contributed by atoms with E-state index in [1.54, 1.807) is 17.6 Å². The van der Waals surface area contributed by atoms with E-state index < -0.39 is 0 Å². The first-order chi connectivity index (χ1) is 23.8. The maximum absolute atomic E-state index is 6.93. The van der Waals surface area contributed by atoms with Gasteiger partial charge in [0.05, 0.1) is 22.9 Å². The molecule has 8 aromatic rings. The molecule has 6 heteroatoms. The summed E-state index contributed by atoms with van der Waals surface area (Å²) >= 11 is 3.63. The van der Waals surface area contributed by atoms with Crippen LogP contribution in [0.2, 0.25) is 0 Å². The quantitative estimate of drug-likeness (QED) is 0.185. The SMILES string of the molecule is C1=CC(c2c(C3C=Cc4ccccc4S3)c(-c3ccco3)n(-c3cc4ccccc4s3)c2-c2cc3ccccc3o2)Oc2ccccc21. The van der Waals surface area contributed by atoms with Gasteiger partial charge in [-0.15, -0.1) is 23.1 Å². The van der Waals surface area contributed by atoms with E-state index >= 15 is 0 Å². The van der Waals surface area contributed by atoms with Gasteiger partial charge in [-0.2, -0.15) is 0 Å². The summed E-state index contributed by atoms with van der Waals surface area (Å²) in [6, 6.07) is 42.0. The molecule has 4 aromatic carbocycles. The molecular weight excluding hydrogens is 631 g/mol. The van der Waals surface area contributed by atoms with Crippen molar-refractivity contribution in [1.29, 1.82) is 0 Å². The zero-order chi connectivity index (χ0) is 31.6. The van der Waals surface area contributed by atoms with Gasteiger partial charge in [0.1, 0.15) is 22.4 Å². The highest BCUT2D eigenvalue weighted by Crippen LogP contribution is 2.54. The fourth-order valence-corrected chi connectivity index (χ4v) is 9.27. The fourth-order valence-electron chi connectivity index (χ4n) is 6.98. The van der Waals surface area contributed by atoms with E-state index in [1.807, 2.05) is 48.2 Å². The highest BCUT2D eigenvalue weighted by Gasteiger charge is 2.38. The minimum atomic E-state index is -0.381. The Hall–Kier alpha value is -5.43. The Labute approximate surface area is 285 Å². The van der Waals surface area contributed by atoms with Gasteiger partial charge in [0.2, 0.25) is 0 Å². The second kappa shape index (κ2) is 11.1.